The lowest BCUT2D eigenvalue weighted by Crippen LogP contribution is -2.43. The maximum absolute atomic E-state index is 4.35. The lowest BCUT2D eigenvalue weighted by Gasteiger charge is -2.30. The van der Waals surface area contributed by atoms with Gasteiger partial charge in [0.2, 0.25) is 0 Å². The Morgan fingerprint density at radius 3 is 2.67 bits per heavy atom. The molecular weight excluding hydrogens is 188 g/mol. The number of aryl methyl sites for hydroxylation is 1. The highest BCUT2D eigenvalue weighted by Gasteiger charge is 2.15. The Labute approximate surface area is 91.3 Å². The summed E-state index contributed by atoms with van der Waals surface area (Å²) >= 11 is 0. The van der Waals surface area contributed by atoms with Crippen LogP contribution in [-0.2, 0) is 7.05 Å². The highest BCUT2D eigenvalue weighted by molar-refractivity contribution is 4.96. The van der Waals surface area contributed by atoms with Crippen molar-refractivity contribution in [2.75, 3.05) is 13.1 Å². The molecule has 4 heteroatoms. The zero-order chi connectivity index (χ0) is 10.7. The van der Waals surface area contributed by atoms with Crippen LogP contribution < -0.4 is 5.43 Å². The zero-order valence-corrected chi connectivity index (χ0v) is 9.61. The van der Waals surface area contributed by atoms with E-state index in [4.69, 9.17) is 0 Å². The fourth-order valence-electron chi connectivity index (χ4n) is 2.15. The molecule has 0 spiro atoms. The van der Waals surface area contributed by atoms with Crippen molar-refractivity contribution in [3.05, 3.63) is 18.2 Å². The Balaban J connectivity index is 1.91. The lowest BCUT2D eigenvalue weighted by molar-refractivity contribution is 0.130. The maximum Gasteiger partial charge on any atom is 0.126 e. The Morgan fingerprint density at radius 2 is 2.07 bits per heavy atom. The van der Waals surface area contributed by atoms with Crippen molar-refractivity contribution in [3.8, 4) is 0 Å². The molecule has 0 amide bonds. The Bertz CT molecular complexity index is 301. The van der Waals surface area contributed by atoms with Gasteiger partial charge in [-0.3, -0.25) is 0 Å². The third kappa shape index (κ3) is 2.58. The summed E-state index contributed by atoms with van der Waals surface area (Å²) in [7, 11) is 2.04. The molecule has 15 heavy (non-hydrogen) atoms. The number of piperidine rings is 1. The number of imidazole rings is 1. The van der Waals surface area contributed by atoms with Gasteiger partial charge in [0.1, 0.15) is 5.82 Å². The number of hydrogen-bond acceptors (Lipinski definition) is 3. The van der Waals surface area contributed by atoms with E-state index in [1.807, 2.05) is 19.4 Å². The van der Waals surface area contributed by atoms with Crippen LogP contribution >= 0.6 is 0 Å². The van der Waals surface area contributed by atoms with E-state index in [1.165, 1.54) is 19.3 Å². The number of nitrogens with one attached hydrogen (secondary N) is 1. The summed E-state index contributed by atoms with van der Waals surface area (Å²) < 4.78 is 2.07. The van der Waals surface area contributed by atoms with Crippen molar-refractivity contribution in [1.29, 1.82) is 0 Å². The highest BCUT2D eigenvalue weighted by atomic mass is 15.5. The van der Waals surface area contributed by atoms with Crippen LogP contribution in [0, 0.1) is 0 Å². The zero-order valence-electron chi connectivity index (χ0n) is 9.61. The number of hydrogen-bond donors (Lipinski definition) is 1. The van der Waals surface area contributed by atoms with E-state index < -0.39 is 0 Å². The molecule has 4 nitrogen and oxygen atoms in total. The predicted molar refractivity (Wildman–Crippen MR) is 60.2 cm³/mol. The Hall–Kier alpha value is -0.870. The van der Waals surface area contributed by atoms with Crippen LogP contribution in [0.25, 0.3) is 0 Å². The molecule has 0 radical (unpaired) electrons. The minimum atomic E-state index is 0.295. The SMILES string of the molecule is CC(NN1CCCCC1)c1nccn1C. The second-order valence-electron chi connectivity index (χ2n) is 4.29. The van der Waals surface area contributed by atoms with Crippen molar-refractivity contribution in [3.63, 3.8) is 0 Å². The van der Waals surface area contributed by atoms with E-state index >= 15 is 0 Å². The van der Waals surface area contributed by atoms with Crippen molar-refractivity contribution in [2.24, 2.45) is 7.05 Å². The van der Waals surface area contributed by atoms with E-state index in [0.29, 0.717) is 6.04 Å². The van der Waals surface area contributed by atoms with E-state index in [2.05, 4.69) is 26.9 Å². The van der Waals surface area contributed by atoms with E-state index in [-0.39, 0.29) is 0 Å². The van der Waals surface area contributed by atoms with Crippen LogP contribution in [0.1, 0.15) is 38.1 Å². The molecule has 0 aliphatic carbocycles. The molecule has 1 N–H and O–H groups in total. The topological polar surface area (TPSA) is 33.1 Å². The van der Waals surface area contributed by atoms with Gasteiger partial charge in [0.25, 0.3) is 0 Å². The highest BCUT2D eigenvalue weighted by Crippen LogP contribution is 2.12. The summed E-state index contributed by atoms with van der Waals surface area (Å²) in [6.07, 6.45) is 7.82. The van der Waals surface area contributed by atoms with Gasteiger partial charge >= 0.3 is 0 Å². The Morgan fingerprint density at radius 1 is 1.33 bits per heavy atom. The van der Waals surface area contributed by atoms with Crippen LogP contribution in [0.15, 0.2) is 12.4 Å². The molecule has 0 aromatic carbocycles. The molecule has 1 fully saturated rings. The average molecular weight is 208 g/mol. The van der Waals surface area contributed by atoms with Gasteiger partial charge in [0, 0.05) is 32.5 Å². The van der Waals surface area contributed by atoms with Crippen LogP contribution in [-0.4, -0.2) is 27.6 Å². The van der Waals surface area contributed by atoms with E-state index in [9.17, 15) is 0 Å². The summed E-state index contributed by atoms with van der Waals surface area (Å²) in [5.41, 5.74) is 3.51. The van der Waals surface area contributed by atoms with Crippen LogP contribution in [0.2, 0.25) is 0 Å². The van der Waals surface area contributed by atoms with Crippen LogP contribution in [0.3, 0.4) is 0 Å². The quantitative estimate of drug-likeness (QED) is 0.816. The first-order chi connectivity index (χ1) is 7.27. The molecule has 1 aromatic rings. The summed E-state index contributed by atoms with van der Waals surface area (Å²) in [6.45, 7) is 4.49. The third-order valence-electron chi connectivity index (χ3n) is 2.98. The lowest BCUT2D eigenvalue weighted by atomic mass is 10.2. The van der Waals surface area contributed by atoms with Crippen LogP contribution in [0.4, 0.5) is 0 Å². The molecule has 0 saturated carbocycles. The van der Waals surface area contributed by atoms with E-state index in [1.54, 1.807) is 0 Å². The monoisotopic (exact) mass is 208 g/mol. The van der Waals surface area contributed by atoms with Gasteiger partial charge in [-0.05, 0) is 19.8 Å². The molecule has 84 valence electrons. The van der Waals surface area contributed by atoms with Crippen molar-refractivity contribution >= 4 is 0 Å². The molecule has 2 rings (SSSR count). The molecular formula is C11H20N4. The first-order valence-electron chi connectivity index (χ1n) is 5.75. The molecule has 1 aliphatic heterocycles. The van der Waals surface area contributed by atoms with Crippen molar-refractivity contribution in [2.45, 2.75) is 32.2 Å². The molecule has 2 heterocycles. The van der Waals surface area contributed by atoms with Gasteiger partial charge in [-0.15, -0.1) is 0 Å². The number of rotatable bonds is 3. The standard InChI is InChI=1S/C11H20N4/c1-10(11-12-6-9-14(11)2)13-15-7-4-3-5-8-15/h6,9-10,13H,3-5,7-8H2,1-2H3. The maximum atomic E-state index is 4.35. The summed E-state index contributed by atoms with van der Waals surface area (Å²) in [4.78, 5) is 4.35. The van der Waals surface area contributed by atoms with E-state index in [0.717, 1.165) is 18.9 Å². The smallest absolute Gasteiger partial charge is 0.126 e. The number of aromatic nitrogens is 2. The number of hydrazine groups is 1. The minimum Gasteiger partial charge on any atom is -0.337 e. The summed E-state index contributed by atoms with van der Waals surface area (Å²) in [5, 5.41) is 2.32. The first-order valence-corrected chi connectivity index (χ1v) is 5.75. The minimum absolute atomic E-state index is 0.295. The van der Waals surface area contributed by atoms with Gasteiger partial charge in [-0.25, -0.2) is 15.4 Å². The van der Waals surface area contributed by atoms with Crippen molar-refractivity contribution < 1.29 is 0 Å². The fraction of sp³-hybridized carbons (Fsp3) is 0.727. The molecule has 0 bridgehead atoms. The second kappa shape index (κ2) is 4.77. The molecule has 1 unspecified atom stereocenters. The van der Waals surface area contributed by atoms with Crippen LogP contribution in [0.5, 0.6) is 0 Å². The number of nitrogens with zero attached hydrogens (tertiary/aromatic N) is 3. The molecule has 1 aromatic heterocycles. The van der Waals surface area contributed by atoms with Gasteiger partial charge in [0.05, 0.1) is 6.04 Å². The first kappa shape index (κ1) is 10.6. The molecule has 1 atom stereocenters. The fourth-order valence-corrected chi connectivity index (χ4v) is 2.15. The normalized spacial score (nSPS) is 20.4. The molecule has 1 aliphatic rings. The van der Waals surface area contributed by atoms with Crippen molar-refractivity contribution in [1.82, 2.24) is 20.0 Å². The summed E-state index contributed by atoms with van der Waals surface area (Å²) in [6, 6.07) is 0.295. The third-order valence-corrected chi connectivity index (χ3v) is 2.98. The largest absolute Gasteiger partial charge is 0.337 e. The Kier molecular flexibility index (Phi) is 3.38. The van der Waals surface area contributed by atoms with Gasteiger partial charge < -0.3 is 4.57 Å². The summed E-state index contributed by atoms with van der Waals surface area (Å²) in [5.74, 6) is 1.10. The predicted octanol–water partition coefficient (Wildman–Crippen LogP) is 1.47. The second-order valence-corrected chi connectivity index (χ2v) is 4.29. The van der Waals surface area contributed by atoms with Gasteiger partial charge in [-0.1, -0.05) is 6.42 Å². The molecule has 1 saturated heterocycles. The van der Waals surface area contributed by atoms with Gasteiger partial charge in [0.15, 0.2) is 0 Å². The van der Waals surface area contributed by atoms with Gasteiger partial charge in [-0.2, -0.15) is 0 Å². The average Bonchev–Trinajstić information content (AvgIpc) is 2.66.